The number of rotatable bonds is 8. The van der Waals surface area contributed by atoms with Gasteiger partial charge in [-0.3, -0.25) is 14.5 Å². The summed E-state index contributed by atoms with van der Waals surface area (Å²) in [6, 6.07) is -0.307. The van der Waals surface area contributed by atoms with Gasteiger partial charge in [0.25, 0.3) is 0 Å². The fourth-order valence-corrected chi connectivity index (χ4v) is 2.16. The van der Waals surface area contributed by atoms with E-state index in [0.29, 0.717) is 26.2 Å². The number of amides is 1. The smallest absolute Gasteiger partial charge is 0.305 e. The quantitative estimate of drug-likeness (QED) is 0.507. The van der Waals surface area contributed by atoms with Gasteiger partial charge in [-0.1, -0.05) is 6.42 Å². The summed E-state index contributed by atoms with van der Waals surface area (Å²) in [7, 11) is 0. The van der Waals surface area contributed by atoms with Crippen molar-refractivity contribution < 1.29 is 19.1 Å². The first kappa shape index (κ1) is 15.9. The Kier molecular flexibility index (Phi) is 7.43. The predicted octanol–water partition coefficient (Wildman–Crippen LogP) is 0.296. The summed E-state index contributed by atoms with van der Waals surface area (Å²) < 4.78 is 10.1. The Morgan fingerprint density at radius 1 is 1.37 bits per heavy atom. The van der Waals surface area contributed by atoms with E-state index in [1.165, 1.54) is 0 Å². The Hall–Kier alpha value is -1.14. The maximum absolute atomic E-state index is 11.3. The number of morpholine rings is 1. The third kappa shape index (κ3) is 6.02. The molecule has 2 N–H and O–H groups in total. The van der Waals surface area contributed by atoms with Crippen LogP contribution in [0.15, 0.2) is 0 Å². The Balaban J connectivity index is 2.13. The van der Waals surface area contributed by atoms with Crippen molar-refractivity contribution in [3.05, 3.63) is 0 Å². The minimum Gasteiger partial charge on any atom is -0.466 e. The van der Waals surface area contributed by atoms with Gasteiger partial charge >= 0.3 is 5.97 Å². The summed E-state index contributed by atoms with van der Waals surface area (Å²) in [6.45, 7) is 4.84. The summed E-state index contributed by atoms with van der Waals surface area (Å²) in [4.78, 5) is 24.5. The van der Waals surface area contributed by atoms with Crippen LogP contribution >= 0.6 is 0 Å². The highest BCUT2D eigenvalue weighted by molar-refractivity contribution is 5.80. The molecule has 1 atom stereocenters. The maximum atomic E-state index is 11.3. The van der Waals surface area contributed by atoms with Gasteiger partial charge in [0, 0.05) is 13.0 Å². The highest BCUT2D eigenvalue weighted by Gasteiger charge is 2.26. The monoisotopic (exact) mass is 272 g/mol. The number of hydrogen-bond acceptors (Lipinski definition) is 5. The second kappa shape index (κ2) is 8.87. The molecule has 1 fully saturated rings. The highest BCUT2D eigenvalue weighted by Crippen LogP contribution is 2.09. The molecule has 0 aliphatic carbocycles. The standard InChI is InChI=1S/C13H24N2O4/c1-2-19-12(16)6-4-3-5-7-15-8-9-18-10-11(15)13(14)17/h11H,2-10H2,1H3,(H2,14,17). The van der Waals surface area contributed by atoms with Gasteiger partial charge in [0.1, 0.15) is 6.04 Å². The van der Waals surface area contributed by atoms with E-state index in [0.717, 1.165) is 32.4 Å². The zero-order valence-corrected chi connectivity index (χ0v) is 11.6. The zero-order chi connectivity index (χ0) is 14.1. The van der Waals surface area contributed by atoms with Crippen LogP contribution in [0.25, 0.3) is 0 Å². The third-order valence-corrected chi connectivity index (χ3v) is 3.20. The lowest BCUT2D eigenvalue weighted by atomic mass is 10.1. The van der Waals surface area contributed by atoms with Crippen molar-refractivity contribution in [3.63, 3.8) is 0 Å². The maximum Gasteiger partial charge on any atom is 0.305 e. The van der Waals surface area contributed by atoms with Crippen LogP contribution in [0.1, 0.15) is 32.6 Å². The molecule has 1 amide bonds. The number of primary amides is 1. The first-order chi connectivity index (χ1) is 9.15. The summed E-state index contributed by atoms with van der Waals surface area (Å²) in [6.07, 6.45) is 3.19. The lowest BCUT2D eigenvalue weighted by Gasteiger charge is -2.33. The van der Waals surface area contributed by atoms with Gasteiger partial charge in [-0.2, -0.15) is 0 Å². The van der Waals surface area contributed by atoms with Crippen molar-refractivity contribution in [1.29, 1.82) is 0 Å². The molecule has 6 nitrogen and oxygen atoms in total. The van der Waals surface area contributed by atoms with E-state index in [4.69, 9.17) is 15.2 Å². The number of unbranched alkanes of at least 4 members (excludes halogenated alkanes) is 2. The molecular weight excluding hydrogens is 248 g/mol. The average Bonchev–Trinajstić information content (AvgIpc) is 2.39. The van der Waals surface area contributed by atoms with E-state index in [9.17, 15) is 9.59 Å². The minimum absolute atomic E-state index is 0.135. The fraction of sp³-hybridized carbons (Fsp3) is 0.846. The summed E-state index contributed by atoms with van der Waals surface area (Å²) in [5.41, 5.74) is 5.34. The molecule has 0 saturated carbocycles. The van der Waals surface area contributed by atoms with Gasteiger partial charge in [-0.25, -0.2) is 0 Å². The molecule has 0 aromatic rings. The van der Waals surface area contributed by atoms with Crippen molar-refractivity contribution in [2.45, 2.75) is 38.6 Å². The van der Waals surface area contributed by atoms with Crippen LogP contribution in [0, 0.1) is 0 Å². The summed E-state index contributed by atoms with van der Waals surface area (Å²) in [5.74, 6) is -0.463. The molecule has 1 saturated heterocycles. The van der Waals surface area contributed by atoms with Crippen molar-refractivity contribution in [3.8, 4) is 0 Å². The lowest BCUT2D eigenvalue weighted by molar-refractivity contribution is -0.143. The van der Waals surface area contributed by atoms with Crippen molar-refractivity contribution in [2.75, 3.05) is 32.9 Å². The van der Waals surface area contributed by atoms with Crippen LogP contribution < -0.4 is 5.73 Å². The van der Waals surface area contributed by atoms with Crippen LogP contribution in [0.2, 0.25) is 0 Å². The molecular formula is C13H24N2O4. The van der Waals surface area contributed by atoms with Gasteiger partial charge in [0.05, 0.1) is 19.8 Å². The number of esters is 1. The molecule has 1 aliphatic rings. The number of carbonyl (C=O) groups excluding carboxylic acids is 2. The molecule has 0 bridgehead atoms. The first-order valence-electron chi connectivity index (χ1n) is 6.92. The zero-order valence-electron chi connectivity index (χ0n) is 11.6. The largest absolute Gasteiger partial charge is 0.466 e. The average molecular weight is 272 g/mol. The Morgan fingerprint density at radius 2 is 2.16 bits per heavy atom. The lowest BCUT2D eigenvalue weighted by Crippen LogP contribution is -2.52. The predicted molar refractivity (Wildman–Crippen MR) is 70.5 cm³/mol. The Bertz CT molecular complexity index is 296. The molecule has 1 aliphatic heterocycles. The molecule has 0 spiro atoms. The van der Waals surface area contributed by atoms with E-state index in [1.54, 1.807) is 6.92 Å². The van der Waals surface area contributed by atoms with E-state index in [2.05, 4.69) is 4.90 Å². The number of carbonyl (C=O) groups is 2. The van der Waals surface area contributed by atoms with Crippen molar-refractivity contribution in [1.82, 2.24) is 4.90 Å². The number of ether oxygens (including phenoxy) is 2. The van der Waals surface area contributed by atoms with E-state index < -0.39 is 0 Å². The molecule has 1 rings (SSSR count). The van der Waals surface area contributed by atoms with Crippen LogP contribution in [-0.4, -0.2) is 55.7 Å². The second-order valence-corrected chi connectivity index (χ2v) is 4.64. The normalized spacial score (nSPS) is 20.2. The Labute approximate surface area is 114 Å². The van der Waals surface area contributed by atoms with Crippen LogP contribution in [0.5, 0.6) is 0 Å². The van der Waals surface area contributed by atoms with E-state index in [1.807, 2.05) is 0 Å². The SMILES string of the molecule is CCOC(=O)CCCCCN1CCOCC1C(N)=O. The number of nitrogens with zero attached hydrogens (tertiary/aromatic N) is 1. The molecule has 6 heteroatoms. The van der Waals surface area contributed by atoms with Gasteiger partial charge in [-0.15, -0.1) is 0 Å². The van der Waals surface area contributed by atoms with Gasteiger partial charge < -0.3 is 15.2 Å². The summed E-state index contributed by atoms with van der Waals surface area (Å²) in [5, 5.41) is 0. The van der Waals surface area contributed by atoms with Crippen molar-refractivity contribution >= 4 is 11.9 Å². The fourth-order valence-electron chi connectivity index (χ4n) is 2.16. The Morgan fingerprint density at radius 3 is 2.84 bits per heavy atom. The molecule has 0 aromatic carbocycles. The molecule has 110 valence electrons. The molecule has 1 heterocycles. The first-order valence-corrected chi connectivity index (χ1v) is 6.92. The number of nitrogens with two attached hydrogens (primary N) is 1. The van der Waals surface area contributed by atoms with Crippen LogP contribution in [0.4, 0.5) is 0 Å². The minimum atomic E-state index is -0.328. The van der Waals surface area contributed by atoms with Gasteiger partial charge in [-0.05, 0) is 26.3 Å². The second-order valence-electron chi connectivity index (χ2n) is 4.64. The van der Waals surface area contributed by atoms with Crippen LogP contribution in [-0.2, 0) is 19.1 Å². The molecule has 0 radical (unpaired) electrons. The number of hydrogen-bond donors (Lipinski definition) is 1. The topological polar surface area (TPSA) is 81.9 Å². The van der Waals surface area contributed by atoms with Crippen LogP contribution in [0.3, 0.4) is 0 Å². The van der Waals surface area contributed by atoms with Gasteiger partial charge in [0.2, 0.25) is 5.91 Å². The summed E-state index contributed by atoms with van der Waals surface area (Å²) >= 11 is 0. The molecule has 1 unspecified atom stereocenters. The third-order valence-electron chi connectivity index (χ3n) is 3.20. The molecule has 0 aromatic heterocycles. The van der Waals surface area contributed by atoms with E-state index in [-0.39, 0.29) is 17.9 Å². The van der Waals surface area contributed by atoms with Gasteiger partial charge in [0.15, 0.2) is 0 Å². The van der Waals surface area contributed by atoms with Crippen molar-refractivity contribution in [2.24, 2.45) is 5.73 Å². The van der Waals surface area contributed by atoms with E-state index >= 15 is 0 Å². The molecule has 19 heavy (non-hydrogen) atoms. The highest BCUT2D eigenvalue weighted by atomic mass is 16.5.